The van der Waals surface area contributed by atoms with Crippen molar-refractivity contribution in [1.29, 1.82) is 0 Å². The fourth-order valence-electron chi connectivity index (χ4n) is 2.09. The van der Waals surface area contributed by atoms with E-state index in [2.05, 4.69) is 16.9 Å². The molecule has 2 aliphatic heterocycles. The minimum Gasteiger partial charge on any atom is -0.369 e. The third kappa shape index (κ3) is 2.48. The average Bonchev–Trinajstić information content (AvgIpc) is 2.74. The molecule has 0 aliphatic carbocycles. The van der Waals surface area contributed by atoms with Crippen LogP contribution in [0, 0.1) is 0 Å². The second-order valence-electron chi connectivity index (χ2n) is 4.37. The van der Waals surface area contributed by atoms with Gasteiger partial charge in [-0.1, -0.05) is 17.8 Å². The topological polar surface area (TPSA) is 108 Å². The van der Waals surface area contributed by atoms with E-state index in [0.29, 0.717) is 11.7 Å². The van der Waals surface area contributed by atoms with Gasteiger partial charge in [0.15, 0.2) is 17.4 Å². The molecular weight excluding hydrogens is 282 g/mol. The number of hydrogen-bond donors (Lipinski definition) is 2. The molecule has 2 rings (SSSR count). The van der Waals surface area contributed by atoms with Gasteiger partial charge in [-0.05, 0) is 0 Å². The van der Waals surface area contributed by atoms with Crippen molar-refractivity contribution in [3.63, 3.8) is 0 Å². The molecule has 4 amide bonds. The summed E-state index contributed by atoms with van der Waals surface area (Å²) in [6.45, 7) is 4.03. The Morgan fingerprint density at radius 3 is 2.90 bits per heavy atom. The molecule has 8 nitrogen and oxygen atoms in total. The number of carbonyl (C=O) groups excluding carboxylic acids is 3. The number of rotatable bonds is 4. The first-order valence-electron chi connectivity index (χ1n) is 5.89. The summed E-state index contributed by atoms with van der Waals surface area (Å²) >= 11 is 1.15. The summed E-state index contributed by atoms with van der Waals surface area (Å²) in [6, 6.07) is -1.09. The van der Waals surface area contributed by atoms with Crippen molar-refractivity contribution in [1.82, 2.24) is 15.1 Å². The molecule has 1 fully saturated rings. The molecule has 108 valence electrons. The van der Waals surface area contributed by atoms with Gasteiger partial charge in [0.05, 0.1) is 5.75 Å². The predicted molar refractivity (Wildman–Crippen MR) is 74.9 cm³/mol. The number of aliphatic imine (C=N–C) groups is 1. The molecule has 0 bridgehead atoms. The molecule has 0 saturated carbocycles. The van der Waals surface area contributed by atoms with Crippen molar-refractivity contribution < 1.29 is 14.4 Å². The minimum atomic E-state index is -0.605. The predicted octanol–water partition coefficient (Wildman–Crippen LogP) is -1.06. The highest BCUT2D eigenvalue weighted by atomic mass is 32.2. The third-order valence-electron chi connectivity index (χ3n) is 2.99. The van der Waals surface area contributed by atoms with Crippen molar-refractivity contribution in [2.75, 3.05) is 19.3 Å². The molecule has 0 radical (unpaired) electrons. The Morgan fingerprint density at radius 1 is 1.60 bits per heavy atom. The van der Waals surface area contributed by atoms with Gasteiger partial charge in [-0.25, -0.2) is 9.79 Å². The van der Waals surface area contributed by atoms with Gasteiger partial charge in [-0.3, -0.25) is 14.9 Å². The van der Waals surface area contributed by atoms with Gasteiger partial charge in [-0.2, -0.15) is 0 Å². The van der Waals surface area contributed by atoms with Crippen LogP contribution in [0.3, 0.4) is 0 Å². The number of thioether (sulfide) groups is 1. The standard InChI is InChI=1S/C11H15N5O3S/c1-3-4-16-7-8(13-11(16)20-5-6(12)17)15(2)10(19)14-9(7)18/h3,7-8H,1,4-5H2,2H3,(H2,12,17)(H,14,18,19). The maximum absolute atomic E-state index is 12.0. The van der Waals surface area contributed by atoms with E-state index in [0.717, 1.165) is 11.8 Å². The average molecular weight is 297 g/mol. The lowest BCUT2D eigenvalue weighted by molar-refractivity contribution is -0.126. The third-order valence-corrected chi connectivity index (χ3v) is 4.02. The maximum atomic E-state index is 12.0. The molecule has 2 unspecified atom stereocenters. The normalized spacial score (nSPS) is 25.1. The van der Waals surface area contributed by atoms with E-state index in [-0.39, 0.29) is 5.75 Å². The van der Waals surface area contributed by atoms with Crippen LogP contribution >= 0.6 is 11.8 Å². The number of nitrogens with zero attached hydrogens (tertiary/aromatic N) is 3. The summed E-state index contributed by atoms with van der Waals surface area (Å²) in [5, 5.41) is 2.78. The molecule has 2 heterocycles. The molecule has 2 atom stereocenters. The van der Waals surface area contributed by atoms with Gasteiger partial charge >= 0.3 is 6.03 Å². The van der Waals surface area contributed by atoms with Gasteiger partial charge < -0.3 is 15.5 Å². The van der Waals surface area contributed by atoms with Gasteiger partial charge in [0.25, 0.3) is 5.91 Å². The molecular formula is C11H15N5O3S. The Bertz CT molecular complexity index is 506. The Hall–Kier alpha value is -2.03. The van der Waals surface area contributed by atoms with Crippen LogP contribution in [0.2, 0.25) is 0 Å². The zero-order chi connectivity index (χ0) is 14.9. The SMILES string of the molecule is C=CCN1C(SCC(N)=O)=NC2C1C(=O)NC(=O)N2C. The zero-order valence-corrected chi connectivity index (χ0v) is 11.7. The highest BCUT2D eigenvalue weighted by Gasteiger charge is 2.48. The van der Waals surface area contributed by atoms with Crippen LogP contribution in [0.15, 0.2) is 17.6 Å². The first-order valence-corrected chi connectivity index (χ1v) is 6.88. The summed E-state index contributed by atoms with van der Waals surface area (Å²) in [7, 11) is 1.57. The van der Waals surface area contributed by atoms with Crippen LogP contribution in [0.4, 0.5) is 4.79 Å². The molecule has 9 heteroatoms. The molecule has 20 heavy (non-hydrogen) atoms. The van der Waals surface area contributed by atoms with Crippen molar-refractivity contribution in [3.8, 4) is 0 Å². The summed E-state index contributed by atoms with van der Waals surface area (Å²) in [6.07, 6.45) is 1.04. The van der Waals surface area contributed by atoms with Crippen molar-refractivity contribution in [2.24, 2.45) is 10.7 Å². The second kappa shape index (κ2) is 5.53. The van der Waals surface area contributed by atoms with Crippen molar-refractivity contribution in [2.45, 2.75) is 12.2 Å². The summed E-state index contributed by atoms with van der Waals surface area (Å²) < 4.78 is 0. The summed E-state index contributed by atoms with van der Waals surface area (Å²) in [5.74, 6) is -0.816. The highest BCUT2D eigenvalue weighted by molar-refractivity contribution is 8.14. The number of nitrogens with one attached hydrogen (secondary N) is 1. The van der Waals surface area contributed by atoms with E-state index in [9.17, 15) is 14.4 Å². The van der Waals surface area contributed by atoms with E-state index >= 15 is 0 Å². The number of amidine groups is 1. The molecule has 3 N–H and O–H groups in total. The second-order valence-corrected chi connectivity index (χ2v) is 5.31. The molecule has 2 aliphatic rings. The Morgan fingerprint density at radius 2 is 2.30 bits per heavy atom. The van der Waals surface area contributed by atoms with Crippen LogP contribution in [-0.2, 0) is 9.59 Å². The number of carbonyl (C=O) groups is 3. The lowest BCUT2D eigenvalue weighted by Gasteiger charge is -2.35. The number of amides is 4. The van der Waals surface area contributed by atoms with Crippen LogP contribution < -0.4 is 11.1 Å². The lowest BCUT2D eigenvalue weighted by atomic mass is 10.1. The number of hydrogen-bond acceptors (Lipinski definition) is 6. The van der Waals surface area contributed by atoms with Crippen LogP contribution in [0.1, 0.15) is 0 Å². The van der Waals surface area contributed by atoms with Gasteiger partial charge in [0.1, 0.15) is 0 Å². The lowest BCUT2D eigenvalue weighted by Crippen LogP contribution is -2.63. The molecule has 0 aromatic heterocycles. The van der Waals surface area contributed by atoms with Gasteiger partial charge in [-0.15, -0.1) is 6.58 Å². The van der Waals surface area contributed by atoms with Gasteiger partial charge in [0, 0.05) is 13.6 Å². The number of primary amides is 1. The largest absolute Gasteiger partial charge is 0.369 e. The molecule has 0 spiro atoms. The Kier molecular flexibility index (Phi) is 3.98. The number of likely N-dealkylation sites (N-methyl/N-ethyl adjacent to an activating group) is 1. The van der Waals surface area contributed by atoms with E-state index in [4.69, 9.17) is 5.73 Å². The van der Waals surface area contributed by atoms with Gasteiger partial charge in [0.2, 0.25) is 5.91 Å². The van der Waals surface area contributed by atoms with Crippen LogP contribution in [0.5, 0.6) is 0 Å². The number of fused-ring (bicyclic) bond motifs is 1. The smallest absolute Gasteiger partial charge is 0.325 e. The number of urea groups is 1. The van der Waals surface area contributed by atoms with Crippen LogP contribution in [-0.4, -0.2) is 64.4 Å². The van der Waals surface area contributed by atoms with E-state index in [1.807, 2.05) is 0 Å². The van der Waals surface area contributed by atoms with E-state index in [1.54, 1.807) is 18.0 Å². The Labute approximate surface area is 120 Å². The molecule has 1 saturated heterocycles. The molecule has 0 aromatic carbocycles. The maximum Gasteiger partial charge on any atom is 0.325 e. The van der Waals surface area contributed by atoms with Crippen molar-refractivity contribution >= 4 is 34.8 Å². The fourth-order valence-corrected chi connectivity index (χ4v) is 2.90. The first-order chi connectivity index (χ1) is 9.45. The monoisotopic (exact) mass is 297 g/mol. The molecule has 0 aromatic rings. The van der Waals surface area contributed by atoms with Crippen molar-refractivity contribution in [3.05, 3.63) is 12.7 Å². The fraction of sp³-hybridized carbons (Fsp3) is 0.455. The first kappa shape index (κ1) is 14.4. The van der Waals surface area contributed by atoms with E-state index in [1.165, 1.54) is 4.90 Å². The number of imide groups is 1. The quantitative estimate of drug-likeness (QED) is 0.643. The highest BCUT2D eigenvalue weighted by Crippen LogP contribution is 2.28. The Balaban J connectivity index is 2.26. The van der Waals surface area contributed by atoms with E-state index < -0.39 is 30.1 Å². The van der Waals surface area contributed by atoms with Crippen LogP contribution in [0.25, 0.3) is 0 Å². The summed E-state index contributed by atoms with van der Waals surface area (Å²) in [5.41, 5.74) is 5.12. The summed E-state index contributed by atoms with van der Waals surface area (Å²) in [4.78, 5) is 41.9. The number of nitrogens with two attached hydrogens (primary N) is 1. The minimum absolute atomic E-state index is 0.0607. The zero-order valence-electron chi connectivity index (χ0n) is 10.9.